The Hall–Kier alpha value is -5.70. The Kier molecular flexibility index (Phi) is 5.92. The largest absolute Gasteiger partial charge is 0.508 e. The van der Waals surface area contributed by atoms with E-state index in [1.165, 1.54) is 43.5 Å². The van der Waals surface area contributed by atoms with Crippen molar-refractivity contribution >= 4 is 21.9 Å². The number of aryl methyl sites for hydroxylation is 1. The summed E-state index contributed by atoms with van der Waals surface area (Å²) in [5.41, 5.74) is 1.14. The molecule has 4 aromatic carbocycles. The van der Waals surface area contributed by atoms with Crippen molar-refractivity contribution in [1.29, 1.82) is 0 Å². The van der Waals surface area contributed by atoms with E-state index in [9.17, 15) is 30.0 Å². The molecule has 0 radical (unpaired) electrons. The third-order valence-corrected chi connectivity index (χ3v) is 6.86. The molecule has 0 unspecified atom stereocenters. The fourth-order valence-corrected chi connectivity index (χ4v) is 4.85. The summed E-state index contributed by atoms with van der Waals surface area (Å²) in [7, 11) is 1.37. The first-order chi connectivity index (χ1) is 19.6. The molecule has 0 fully saturated rings. The van der Waals surface area contributed by atoms with E-state index in [4.69, 9.17) is 13.6 Å². The standard InChI is InChI=1S/C32H22O9/c1-15-3-5-16(6-4-15)24-13-23(37)31-28(40-24)14-26(39-2)29(32(31)38)19-9-17(7-8-20(19)34)25-12-22(36)30-21(35)10-18(33)11-27(30)41-25/h3-14,33-35,38H,1-2H3. The van der Waals surface area contributed by atoms with Gasteiger partial charge in [-0.1, -0.05) is 29.8 Å². The van der Waals surface area contributed by atoms with Gasteiger partial charge in [0.25, 0.3) is 0 Å². The molecule has 2 heterocycles. The Morgan fingerprint density at radius 2 is 1.27 bits per heavy atom. The summed E-state index contributed by atoms with van der Waals surface area (Å²) in [5, 5.41) is 41.9. The van der Waals surface area contributed by atoms with Gasteiger partial charge in [-0.15, -0.1) is 0 Å². The summed E-state index contributed by atoms with van der Waals surface area (Å²) in [5.74, 6) is -0.952. The molecule has 0 saturated carbocycles. The maximum Gasteiger partial charge on any atom is 0.197 e. The van der Waals surface area contributed by atoms with Crippen molar-refractivity contribution < 1.29 is 34.0 Å². The number of phenols is 4. The van der Waals surface area contributed by atoms with Crippen molar-refractivity contribution in [2.45, 2.75) is 6.92 Å². The van der Waals surface area contributed by atoms with Crippen molar-refractivity contribution in [3.8, 4) is 62.5 Å². The van der Waals surface area contributed by atoms with Crippen LogP contribution in [0.2, 0.25) is 0 Å². The van der Waals surface area contributed by atoms with Gasteiger partial charge in [0.1, 0.15) is 62.2 Å². The van der Waals surface area contributed by atoms with Gasteiger partial charge < -0.3 is 34.0 Å². The summed E-state index contributed by atoms with van der Waals surface area (Å²) < 4.78 is 17.3. The lowest BCUT2D eigenvalue weighted by atomic mass is 9.96. The molecule has 0 spiro atoms. The molecule has 4 N–H and O–H groups in total. The van der Waals surface area contributed by atoms with E-state index in [1.807, 2.05) is 31.2 Å². The van der Waals surface area contributed by atoms with Gasteiger partial charge in [0.15, 0.2) is 10.9 Å². The van der Waals surface area contributed by atoms with Gasteiger partial charge in [-0.25, -0.2) is 0 Å². The maximum atomic E-state index is 13.2. The summed E-state index contributed by atoms with van der Waals surface area (Å²) >= 11 is 0. The van der Waals surface area contributed by atoms with E-state index in [2.05, 4.69) is 0 Å². The normalized spacial score (nSPS) is 11.3. The number of fused-ring (bicyclic) bond motifs is 2. The van der Waals surface area contributed by atoms with E-state index >= 15 is 0 Å². The van der Waals surface area contributed by atoms with E-state index in [1.54, 1.807) is 0 Å². The zero-order chi connectivity index (χ0) is 29.0. The predicted octanol–water partition coefficient (Wildman–Crippen LogP) is 6.04. The molecule has 6 rings (SSSR count). The lowest BCUT2D eigenvalue weighted by Gasteiger charge is -2.15. The zero-order valence-corrected chi connectivity index (χ0v) is 21.8. The Labute approximate surface area is 231 Å². The highest BCUT2D eigenvalue weighted by atomic mass is 16.5. The predicted molar refractivity (Wildman–Crippen MR) is 153 cm³/mol. The number of ether oxygens (including phenoxy) is 1. The molecular weight excluding hydrogens is 528 g/mol. The quantitative estimate of drug-likeness (QED) is 0.206. The van der Waals surface area contributed by atoms with Gasteiger partial charge in [-0.2, -0.15) is 0 Å². The second-order valence-electron chi connectivity index (χ2n) is 9.56. The molecule has 0 saturated heterocycles. The number of rotatable bonds is 4. The van der Waals surface area contributed by atoms with E-state index in [-0.39, 0.29) is 56.1 Å². The minimum absolute atomic E-state index is 0.0214. The molecule has 0 aliphatic carbocycles. The molecule has 0 aliphatic rings. The fourth-order valence-electron chi connectivity index (χ4n) is 4.85. The van der Waals surface area contributed by atoms with Gasteiger partial charge in [-0.05, 0) is 25.1 Å². The van der Waals surface area contributed by atoms with Crippen LogP contribution in [0.25, 0.3) is 55.7 Å². The van der Waals surface area contributed by atoms with Crippen molar-refractivity contribution in [2.75, 3.05) is 7.11 Å². The average molecular weight is 551 g/mol. The van der Waals surface area contributed by atoms with Crippen LogP contribution in [0.5, 0.6) is 28.7 Å². The molecule has 9 heteroatoms. The van der Waals surface area contributed by atoms with Crippen LogP contribution in [0.15, 0.2) is 91.2 Å². The number of benzene rings is 4. The summed E-state index contributed by atoms with van der Waals surface area (Å²) in [6.45, 7) is 1.94. The van der Waals surface area contributed by atoms with Crippen LogP contribution in [-0.4, -0.2) is 27.5 Å². The van der Waals surface area contributed by atoms with Gasteiger partial charge in [0.05, 0.1) is 12.7 Å². The number of aromatic hydroxyl groups is 4. The van der Waals surface area contributed by atoms with Crippen molar-refractivity contribution in [1.82, 2.24) is 0 Å². The molecule has 9 nitrogen and oxygen atoms in total. The molecule has 41 heavy (non-hydrogen) atoms. The SMILES string of the molecule is COc1cc2oc(-c3ccc(C)cc3)cc(=O)c2c(O)c1-c1cc(-c2cc(=O)c3c(O)cc(O)cc3o2)ccc1O. The molecule has 6 aromatic rings. The topological polar surface area (TPSA) is 151 Å². The monoisotopic (exact) mass is 550 g/mol. The maximum absolute atomic E-state index is 13.2. The fraction of sp³-hybridized carbons (Fsp3) is 0.0625. The lowest BCUT2D eigenvalue weighted by Crippen LogP contribution is -2.03. The number of methoxy groups -OCH3 is 1. The number of hydrogen-bond acceptors (Lipinski definition) is 9. The van der Waals surface area contributed by atoms with Crippen LogP contribution in [-0.2, 0) is 0 Å². The minimum atomic E-state index is -0.554. The van der Waals surface area contributed by atoms with Crippen LogP contribution >= 0.6 is 0 Å². The molecule has 0 aliphatic heterocycles. The van der Waals surface area contributed by atoms with E-state index in [0.29, 0.717) is 16.9 Å². The third kappa shape index (κ3) is 4.29. The van der Waals surface area contributed by atoms with Crippen LogP contribution in [0, 0.1) is 6.92 Å². The second kappa shape index (κ2) is 9.49. The van der Waals surface area contributed by atoms with Gasteiger partial charge in [-0.3, -0.25) is 9.59 Å². The first-order valence-corrected chi connectivity index (χ1v) is 12.4. The Morgan fingerprint density at radius 3 is 1.95 bits per heavy atom. The van der Waals surface area contributed by atoms with Crippen LogP contribution in [0.4, 0.5) is 0 Å². The van der Waals surface area contributed by atoms with Crippen molar-refractivity contribution in [2.24, 2.45) is 0 Å². The van der Waals surface area contributed by atoms with E-state index < -0.39 is 22.4 Å². The zero-order valence-electron chi connectivity index (χ0n) is 21.8. The molecule has 0 atom stereocenters. The second-order valence-corrected chi connectivity index (χ2v) is 9.56. The molecular formula is C32H22O9. The third-order valence-electron chi connectivity index (χ3n) is 6.86. The summed E-state index contributed by atoms with van der Waals surface area (Å²) in [6, 6.07) is 17.8. The minimum Gasteiger partial charge on any atom is -0.508 e. The van der Waals surface area contributed by atoms with Gasteiger partial charge in [0, 0.05) is 47.0 Å². The van der Waals surface area contributed by atoms with Crippen LogP contribution < -0.4 is 15.6 Å². The molecule has 204 valence electrons. The van der Waals surface area contributed by atoms with Crippen molar-refractivity contribution in [3.63, 3.8) is 0 Å². The lowest BCUT2D eigenvalue weighted by molar-refractivity contribution is 0.409. The highest BCUT2D eigenvalue weighted by molar-refractivity contribution is 5.97. The highest BCUT2D eigenvalue weighted by Crippen LogP contribution is 2.47. The Morgan fingerprint density at radius 1 is 0.659 bits per heavy atom. The summed E-state index contributed by atoms with van der Waals surface area (Å²) in [4.78, 5) is 26.0. The van der Waals surface area contributed by atoms with Gasteiger partial charge >= 0.3 is 0 Å². The Bertz CT molecular complexity index is 2120. The molecule has 2 aromatic heterocycles. The van der Waals surface area contributed by atoms with E-state index in [0.717, 1.165) is 17.7 Å². The smallest absolute Gasteiger partial charge is 0.197 e. The first kappa shape index (κ1) is 25.6. The number of hydrogen-bond donors (Lipinski definition) is 4. The first-order valence-electron chi connectivity index (χ1n) is 12.4. The molecule has 0 bridgehead atoms. The average Bonchev–Trinajstić information content (AvgIpc) is 2.92. The highest BCUT2D eigenvalue weighted by Gasteiger charge is 2.23. The van der Waals surface area contributed by atoms with Crippen LogP contribution in [0.3, 0.4) is 0 Å². The summed E-state index contributed by atoms with van der Waals surface area (Å²) in [6.07, 6.45) is 0. The Balaban J connectivity index is 1.55. The van der Waals surface area contributed by atoms with Gasteiger partial charge in [0.2, 0.25) is 0 Å². The van der Waals surface area contributed by atoms with Crippen LogP contribution in [0.1, 0.15) is 5.56 Å². The van der Waals surface area contributed by atoms with Crippen molar-refractivity contribution in [3.05, 3.63) is 98.8 Å². The number of phenolic OH excluding ortho intramolecular Hbond substituents is 4. The molecule has 0 amide bonds.